The van der Waals surface area contributed by atoms with E-state index >= 15 is 0 Å². The van der Waals surface area contributed by atoms with Crippen LogP contribution in [0.15, 0.2) is 53.3 Å². The number of aromatic nitrogens is 1. The molecule has 0 aliphatic heterocycles. The lowest BCUT2D eigenvalue weighted by Crippen LogP contribution is -2.35. The minimum atomic E-state index is -0.677. The van der Waals surface area contributed by atoms with Gasteiger partial charge >= 0.3 is 0 Å². The Hall–Kier alpha value is -3.25. The average molecular weight is 458 g/mol. The molecule has 2 aromatic carbocycles. The van der Waals surface area contributed by atoms with E-state index in [1.165, 1.54) is 25.3 Å². The second-order valence-corrected chi connectivity index (χ2v) is 7.76. The van der Waals surface area contributed by atoms with E-state index in [9.17, 15) is 19.2 Å². The fraction of sp³-hybridized carbons (Fsp3) is 0.136. The number of nitriles is 1. The molecule has 31 heavy (non-hydrogen) atoms. The third-order valence-electron chi connectivity index (χ3n) is 4.23. The summed E-state index contributed by atoms with van der Waals surface area (Å²) in [5.41, 5.74) is -0.195. The minimum Gasteiger partial charge on any atom is -0.383 e. The number of hydrogen-bond acceptors (Lipinski definition) is 5. The molecule has 0 saturated heterocycles. The van der Waals surface area contributed by atoms with Crippen molar-refractivity contribution < 1.29 is 13.9 Å². The van der Waals surface area contributed by atoms with E-state index in [0.29, 0.717) is 10.6 Å². The van der Waals surface area contributed by atoms with Gasteiger partial charge in [0.1, 0.15) is 16.5 Å². The molecule has 0 unspecified atom stereocenters. The van der Waals surface area contributed by atoms with Crippen LogP contribution in [0.4, 0.5) is 4.39 Å². The topological polar surface area (TPSA) is 84.1 Å². The van der Waals surface area contributed by atoms with E-state index in [1.54, 1.807) is 36.4 Å². The lowest BCUT2D eigenvalue weighted by molar-refractivity contribution is -0.115. The van der Waals surface area contributed by atoms with E-state index in [-0.39, 0.29) is 33.6 Å². The number of nitrogens with one attached hydrogen (secondary N) is 1. The van der Waals surface area contributed by atoms with Crippen molar-refractivity contribution in [2.75, 3.05) is 20.3 Å². The maximum absolute atomic E-state index is 14.5. The van der Waals surface area contributed by atoms with Gasteiger partial charge in [0, 0.05) is 18.7 Å². The second kappa shape index (κ2) is 10.2. The Labute approximate surface area is 186 Å². The third kappa shape index (κ3) is 5.09. The van der Waals surface area contributed by atoms with Crippen molar-refractivity contribution >= 4 is 40.5 Å². The van der Waals surface area contributed by atoms with Gasteiger partial charge in [0.25, 0.3) is 11.5 Å². The molecule has 1 aromatic heterocycles. The molecule has 1 heterocycles. The molecule has 0 bridgehead atoms. The van der Waals surface area contributed by atoms with Gasteiger partial charge in [-0.1, -0.05) is 35.9 Å². The maximum Gasteiger partial charge on any atom is 0.273 e. The standard InChI is InChI=1S/C22H17ClFN3O3S/c1-30-11-10-26-20(28)16(13-25)22-27(18-5-3-2-4-17(18)24)21(29)19(31-22)12-14-6-8-15(23)9-7-14/h2-9,12H,10-11H2,1H3,(H,26,28)/b19-12-,22-16-. The number of para-hydroxylation sites is 1. The molecule has 0 saturated carbocycles. The quantitative estimate of drug-likeness (QED) is 0.573. The van der Waals surface area contributed by atoms with E-state index in [2.05, 4.69) is 5.32 Å². The highest BCUT2D eigenvalue weighted by Gasteiger charge is 2.18. The number of rotatable bonds is 6. The highest BCUT2D eigenvalue weighted by Crippen LogP contribution is 2.11. The Morgan fingerprint density at radius 2 is 2.00 bits per heavy atom. The molecular weight excluding hydrogens is 441 g/mol. The summed E-state index contributed by atoms with van der Waals surface area (Å²) < 4.78 is 20.8. The van der Waals surface area contributed by atoms with Crippen LogP contribution < -0.4 is 20.1 Å². The zero-order chi connectivity index (χ0) is 22.4. The molecule has 3 aromatic rings. The fourth-order valence-electron chi connectivity index (χ4n) is 2.76. The number of hydrogen-bond donors (Lipinski definition) is 1. The molecule has 0 atom stereocenters. The lowest BCUT2D eigenvalue weighted by Gasteiger charge is -2.06. The maximum atomic E-state index is 14.5. The summed E-state index contributed by atoms with van der Waals surface area (Å²) in [5.74, 6) is -1.33. The Morgan fingerprint density at radius 3 is 2.65 bits per heavy atom. The molecule has 158 valence electrons. The Bertz CT molecular complexity index is 1320. The summed E-state index contributed by atoms with van der Waals surface area (Å²) in [6.45, 7) is 0.435. The van der Waals surface area contributed by atoms with Gasteiger partial charge in [-0.2, -0.15) is 5.26 Å². The Balaban J connectivity index is 2.30. The predicted octanol–water partition coefficient (Wildman–Crippen LogP) is 1.96. The van der Waals surface area contributed by atoms with Gasteiger partial charge in [-0.3, -0.25) is 14.2 Å². The van der Waals surface area contributed by atoms with Gasteiger partial charge in [-0.25, -0.2) is 4.39 Å². The molecule has 0 aliphatic rings. The van der Waals surface area contributed by atoms with Crippen molar-refractivity contribution in [3.05, 3.63) is 84.5 Å². The van der Waals surface area contributed by atoms with Crippen LogP contribution >= 0.6 is 22.9 Å². The summed E-state index contributed by atoms with van der Waals surface area (Å²) in [5, 5.41) is 12.8. The van der Waals surface area contributed by atoms with E-state index < -0.39 is 17.3 Å². The number of benzene rings is 2. The fourth-order valence-corrected chi connectivity index (χ4v) is 3.98. The Kier molecular flexibility index (Phi) is 7.36. The SMILES string of the molecule is COCCNC(=O)/C(C#N)=c1\s/c(=C\c2ccc(Cl)cc2)c(=O)n1-c1ccccc1F. The van der Waals surface area contributed by atoms with Gasteiger partial charge in [0.2, 0.25) is 0 Å². The van der Waals surface area contributed by atoms with Crippen LogP contribution in [-0.4, -0.2) is 30.7 Å². The van der Waals surface area contributed by atoms with Crippen molar-refractivity contribution in [1.82, 2.24) is 9.88 Å². The molecule has 0 fully saturated rings. The highest BCUT2D eigenvalue weighted by molar-refractivity contribution is 7.07. The summed E-state index contributed by atoms with van der Waals surface area (Å²) in [4.78, 5) is 25.8. The van der Waals surface area contributed by atoms with Crippen molar-refractivity contribution in [1.29, 1.82) is 5.26 Å². The van der Waals surface area contributed by atoms with Gasteiger partial charge in [-0.05, 0) is 35.9 Å². The van der Waals surface area contributed by atoms with Gasteiger partial charge in [0.15, 0.2) is 5.57 Å². The minimum absolute atomic E-state index is 0.0349. The zero-order valence-corrected chi connectivity index (χ0v) is 18.0. The summed E-state index contributed by atoms with van der Waals surface area (Å²) in [7, 11) is 1.48. The number of carbonyl (C=O) groups is 1. The van der Waals surface area contributed by atoms with Crippen LogP contribution in [0, 0.1) is 17.1 Å². The van der Waals surface area contributed by atoms with Crippen LogP contribution in [0.1, 0.15) is 5.56 Å². The van der Waals surface area contributed by atoms with E-state index in [0.717, 1.165) is 15.9 Å². The molecule has 0 aliphatic carbocycles. The van der Waals surface area contributed by atoms with Crippen molar-refractivity contribution in [3.8, 4) is 11.8 Å². The molecule has 6 nitrogen and oxygen atoms in total. The largest absolute Gasteiger partial charge is 0.383 e. The number of carbonyl (C=O) groups excluding carboxylic acids is 1. The molecule has 1 N–H and O–H groups in total. The number of amides is 1. The summed E-state index contributed by atoms with van der Waals surface area (Å²) in [6.07, 6.45) is 1.60. The van der Waals surface area contributed by atoms with Gasteiger partial charge in [-0.15, -0.1) is 11.3 Å². The number of nitrogens with zero attached hydrogens (tertiary/aromatic N) is 2. The number of methoxy groups -OCH3 is 1. The highest BCUT2D eigenvalue weighted by atomic mass is 35.5. The molecule has 1 amide bonds. The first kappa shape index (κ1) is 22.4. The normalized spacial score (nSPS) is 12.4. The smallest absolute Gasteiger partial charge is 0.273 e. The Morgan fingerprint density at radius 1 is 1.29 bits per heavy atom. The third-order valence-corrected chi connectivity index (χ3v) is 5.57. The van der Waals surface area contributed by atoms with E-state index in [4.69, 9.17) is 16.3 Å². The molecule has 0 radical (unpaired) electrons. The number of thiazole rings is 1. The number of halogens is 2. The predicted molar refractivity (Wildman–Crippen MR) is 118 cm³/mol. The monoisotopic (exact) mass is 457 g/mol. The van der Waals surface area contributed by atoms with Crippen molar-refractivity contribution in [2.24, 2.45) is 0 Å². The van der Waals surface area contributed by atoms with E-state index in [1.807, 2.05) is 6.07 Å². The van der Waals surface area contributed by atoms with Crippen LogP contribution in [0.3, 0.4) is 0 Å². The van der Waals surface area contributed by atoms with Crippen molar-refractivity contribution in [3.63, 3.8) is 0 Å². The van der Waals surface area contributed by atoms with Crippen molar-refractivity contribution in [2.45, 2.75) is 0 Å². The van der Waals surface area contributed by atoms with Crippen LogP contribution in [0.2, 0.25) is 5.02 Å². The molecular formula is C22H17ClFN3O3S. The van der Waals surface area contributed by atoms with Crippen LogP contribution in [-0.2, 0) is 9.53 Å². The second-order valence-electron chi connectivity index (χ2n) is 6.29. The lowest BCUT2D eigenvalue weighted by atomic mass is 10.2. The van der Waals surface area contributed by atoms with Gasteiger partial charge < -0.3 is 10.1 Å². The first-order valence-corrected chi connectivity index (χ1v) is 10.3. The summed E-state index contributed by atoms with van der Waals surface area (Å²) >= 11 is 6.84. The number of ether oxygens (including phenoxy) is 1. The zero-order valence-electron chi connectivity index (χ0n) is 16.4. The van der Waals surface area contributed by atoms with Gasteiger partial charge in [0.05, 0.1) is 16.8 Å². The molecule has 3 rings (SSSR count). The van der Waals surface area contributed by atoms with Crippen LogP contribution in [0.25, 0.3) is 17.3 Å². The molecule has 9 heteroatoms. The van der Waals surface area contributed by atoms with Crippen LogP contribution in [0.5, 0.6) is 0 Å². The summed E-state index contributed by atoms with van der Waals surface area (Å²) in [6, 6.07) is 14.3. The first-order valence-electron chi connectivity index (χ1n) is 9.12. The first-order chi connectivity index (χ1) is 15.0. The average Bonchev–Trinajstić information content (AvgIpc) is 3.06. The molecule has 0 spiro atoms.